The molecule has 0 saturated carbocycles. The number of rotatable bonds is 4. The van der Waals surface area contributed by atoms with E-state index in [2.05, 4.69) is 4.74 Å². The zero-order chi connectivity index (χ0) is 16.4. The van der Waals surface area contributed by atoms with Crippen LogP contribution in [-0.2, 0) is 9.53 Å². The highest BCUT2D eigenvalue weighted by Crippen LogP contribution is 2.33. The molecule has 1 unspecified atom stereocenters. The van der Waals surface area contributed by atoms with Crippen molar-refractivity contribution in [1.82, 2.24) is 0 Å². The smallest absolute Gasteiger partial charge is 0.346 e. The van der Waals surface area contributed by atoms with Gasteiger partial charge < -0.3 is 13.9 Å². The van der Waals surface area contributed by atoms with E-state index in [1.165, 1.54) is 32.2 Å². The van der Waals surface area contributed by atoms with E-state index < -0.39 is 22.6 Å². The van der Waals surface area contributed by atoms with Gasteiger partial charge >= 0.3 is 17.3 Å². The standard InChI is InChI=1S/C14H13NO7/c1-7-4-13(16)22-11-6-12(21-8(2)14(17)20-3)10(15(18)19)5-9(7)11/h4-6,8H,1-3H3. The van der Waals surface area contributed by atoms with Gasteiger partial charge in [0.05, 0.1) is 12.0 Å². The Labute approximate surface area is 124 Å². The maximum Gasteiger partial charge on any atom is 0.346 e. The van der Waals surface area contributed by atoms with Crippen LogP contribution < -0.4 is 10.4 Å². The second kappa shape index (κ2) is 5.84. The number of nitrogens with zero attached hydrogens (tertiary/aromatic N) is 1. The Morgan fingerprint density at radius 2 is 2.05 bits per heavy atom. The van der Waals surface area contributed by atoms with E-state index in [4.69, 9.17) is 9.15 Å². The summed E-state index contributed by atoms with van der Waals surface area (Å²) < 4.78 is 14.8. The van der Waals surface area contributed by atoms with E-state index in [-0.39, 0.29) is 17.0 Å². The van der Waals surface area contributed by atoms with Crippen molar-refractivity contribution in [2.45, 2.75) is 20.0 Å². The summed E-state index contributed by atoms with van der Waals surface area (Å²) in [5, 5.41) is 11.6. The second-order valence-electron chi connectivity index (χ2n) is 4.60. The van der Waals surface area contributed by atoms with Gasteiger partial charge in [-0.05, 0) is 19.4 Å². The summed E-state index contributed by atoms with van der Waals surface area (Å²) >= 11 is 0. The van der Waals surface area contributed by atoms with Crippen LogP contribution in [0.4, 0.5) is 5.69 Å². The summed E-state index contributed by atoms with van der Waals surface area (Å²) in [6, 6.07) is 3.71. The van der Waals surface area contributed by atoms with Crippen LogP contribution in [0.15, 0.2) is 27.4 Å². The Morgan fingerprint density at radius 1 is 1.36 bits per heavy atom. The molecule has 0 aliphatic rings. The molecule has 0 fully saturated rings. The number of nitro groups is 1. The van der Waals surface area contributed by atoms with Crippen LogP contribution in [0, 0.1) is 17.0 Å². The number of methoxy groups -OCH3 is 1. The Hall–Kier alpha value is -2.90. The van der Waals surface area contributed by atoms with Crippen LogP contribution in [0.3, 0.4) is 0 Å². The fourth-order valence-corrected chi connectivity index (χ4v) is 1.98. The number of fused-ring (bicyclic) bond motifs is 1. The van der Waals surface area contributed by atoms with Gasteiger partial charge in [0, 0.05) is 23.6 Å². The summed E-state index contributed by atoms with van der Waals surface area (Å²) in [4.78, 5) is 33.3. The fraction of sp³-hybridized carbons (Fsp3) is 0.286. The van der Waals surface area contributed by atoms with Gasteiger partial charge in [-0.25, -0.2) is 9.59 Å². The van der Waals surface area contributed by atoms with Crippen LogP contribution in [0.5, 0.6) is 5.75 Å². The van der Waals surface area contributed by atoms with Crippen molar-refractivity contribution in [3.8, 4) is 5.75 Å². The molecule has 1 atom stereocenters. The lowest BCUT2D eigenvalue weighted by atomic mass is 10.1. The monoisotopic (exact) mass is 307 g/mol. The molecule has 0 amide bonds. The number of hydrogen-bond acceptors (Lipinski definition) is 7. The molecule has 0 spiro atoms. The van der Waals surface area contributed by atoms with Gasteiger partial charge in [-0.2, -0.15) is 0 Å². The van der Waals surface area contributed by atoms with Gasteiger partial charge in [0.1, 0.15) is 5.58 Å². The molecular formula is C14H13NO7. The number of esters is 1. The Kier molecular flexibility index (Phi) is 4.11. The average Bonchev–Trinajstić information content (AvgIpc) is 2.45. The zero-order valence-corrected chi connectivity index (χ0v) is 12.1. The summed E-state index contributed by atoms with van der Waals surface area (Å²) in [5.41, 5.74) is -0.226. The van der Waals surface area contributed by atoms with Gasteiger partial charge in [0.25, 0.3) is 0 Å². The first kappa shape index (κ1) is 15.5. The normalized spacial score (nSPS) is 12.0. The topological polar surface area (TPSA) is 109 Å². The van der Waals surface area contributed by atoms with Gasteiger partial charge in [0.15, 0.2) is 6.10 Å². The molecule has 116 valence electrons. The minimum atomic E-state index is -1.04. The predicted octanol–water partition coefficient (Wildman–Crippen LogP) is 1.95. The molecule has 0 N–H and O–H groups in total. The lowest BCUT2D eigenvalue weighted by Gasteiger charge is -2.13. The van der Waals surface area contributed by atoms with Crippen LogP contribution >= 0.6 is 0 Å². The van der Waals surface area contributed by atoms with Crippen LogP contribution in [0.2, 0.25) is 0 Å². The number of benzene rings is 1. The number of hydrogen-bond donors (Lipinski definition) is 0. The first-order valence-electron chi connectivity index (χ1n) is 6.31. The van der Waals surface area contributed by atoms with E-state index in [9.17, 15) is 19.7 Å². The molecule has 2 rings (SSSR count). The SMILES string of the molecule is COC(=O)C(C)Oc1cc2oc(=O)cc(C)c2cc1[N+](=O)[O-]. The van der Waals surface area contributed by atoms with Crippen molar-refractivity contribution in [2.24, 2.45) is 0 Å². The van der Waals surface area contributed by atoms with Crippen molar-refractivity contribution in [3.05, 3.63) is 44.3 Å². The van der Waals surface area contributed by atoms with Gasteiger partial charge in [-0.3, -0.25) is 10.1 Å². The van der Waals surface area contributed by atoms with Crippen LogP contribution in [-0.4, -0.2) is 24.1 Å². The van der Waals surface area contributed by atoms with E-state index in [0.29, 0.717) is 10.9 Å². The molecule has 0 aliphatic heterocycles. The molecule has 0 aliphatic carbocycles. The number of aryl methyl sites for hydroxylation is 1. The average molecular weight is 307 g/mol. The summed E-state index contributed by atoms with van der Waals surface area (Å²) in [5.74, 6) is -0.857. The lowest BCUT2D eigenvalue weighted by molar-refractivity contribution is -0.385. The minimum absolute atomic E-state index is 0.141. The number of ether oxygens (including phenoxy) is 2. The molecule has 22 heavy (non-hydrogen) atoms. The molecular weight excluding hydrogens is 294 g/mol. The third-order valence-electron chi connectivity index (χ3n) is 3.06. The quantitative estimate of drug-likeness (QED) is 0.367. The van der Waals surface area contributed by atoms with Gasteiger partial charge in [-0.1, -0.05) is 0 Å². The van der Waals surface area contributed by atoms with Crippen molar-refractivity contribution >= 4 is 22.6 Å². The first-order chi connectivity index (χ1) is 10.3. The molecule has 0 radical (unpaired) electrons. The third kappa shape index (κ3) is 2.90. The molecule has 0 saturated heterocycles. The molecule has 8 heteroatoms. The molecule has 2 aromatic rings. The minimum Gasteiger partial charge on any atom is -0.472 e. The number of carbonyl (C=O) groups is 1. The van der Waals surface area contributed by atoms with Crippen molar-refractivity contribution in [2.75, 3.05) is 7.11 Å². The highest BCUT2D eigenvalue weighted by Gasteiger charge is 2.23. The van der Waals surface area contributed by atoms with Crippen molar-refractivity contribution in [1.29, 1.82) is 0 Å². The molecule has 1 heterocycles. The maximum atomic E-state index is 11.4. The number of carbonyl (C=O) groups excluding carboxylic acids is 1. The Bertz CT molecular complexity index is 809. The van der Waals surface area contributed by atoms with E-state index >= 15 is 0 Å². The predicted molar refractivity (Wildman–Crippen MR) is 76.0 cm³/mol. The zero-order valence-electron chi connectivity index (χ0n) is 12.1. The highest BCUT2D eigenvalue weighted by atomic mass is 16.6. The van der Waals surface area contributed by atoms with Crippen molar-refractivity contribution in [3.63, 3.8) is 0 Å². The van der Waals surface area contributed by atoms with E-state index in [0.717, 1.165) is 0 Å². The van der Waals surface area contributed by atoms with Crippen LogP contribution in [0.25, 0.3) is 11.0 Å². The Morgan fingerprint density at radius 3 is 2.64 bits per heavy atom. The Balaban J connectivity index is 2.61. The molecule has 8 nitrogen and oxygen atoms in total. The largest absolute Gasteiger partial charge is 0.472 e. The summed E-state index contributed by atoms with van der Waals surface area (Å²) in [6.07, 6.45) is -1.04. The van der Waals surface area contributed by atoms with Crippen molar-refractivity contribution < 1.29 is 23.6 Å². The van der Waals surface area contributed by atoms with Gasteiger partial charge in [0.2, 0.25) is 5.75 Å². The summed E-state index contributed by atoms with van der Waals surface area (Å²) in [7, 11) is 1.18. The lowest BCUT2D eigenvalue weighted by Crippen LogP contribution is -2.25. The highest BCUT2D eigenvalue weighted by molar-refractivity contribution is 5.85. The van der Waals surface area contributed by atoms with Gasteiger partial charge in [-0.15, -0.1) is 0 Å². The maximum absolute atomic E-state index is 11.4. The van der Waals surface area contributed by atoms with Crippen LogP contribution in [0.1, 0.15) is 12.5 Å². The molecule has 1 aromatic heterocycles. The summed E-state index contributed by atoms with van der Waals surface area (Å²) in [6.45, 7) is 3.03. The third-order valence-corrected chi connectivity index (χ3v) is 3.06. The molecule has 1 aromatic carbocycles. The van der Waals surface area contributed by atoms with E-state index in [1.54, 1.807) is 6.92 Å². The second-order valence-corrected chi connectivity index (χ2v) is 4.60. The first-order valence-corrected chi connectivity index (χ1v) is 6.31. The van der Waals surface area contributed by atoms with E-state index in [1.807, 2.05) is 0 Å². The molecule has 0 bridgehead atoms. The fourth-order valence-electron chi connectivity index (χ4n) is 1.98. The number of nitro benzene ring substituents is 1.